The molecule has 1 aliphatic heterocycles. The molecule has 15 heavy (non-hydrogen) atoms. The average Bonchev–Trinajstić information content (AvgIpc) is 2.71. The molecular formula is C12H16FNO. The lowest BCUT2D eigenvalue weighted by molar-refractivity contribution is 0.00190. The zero-order valence-electron chi connectivity index (χ0n) is 8.83. The molecule has 0 amide bonds. The smallest absolute Gasteiger partial charge is 0.123 e. The molecule has 2 atom stereocenters. The van der Waals surface area contributed by atoms with E-state index in [0.717, 1.165) is 19.5 Å². The molecule has 2 rings (SSSR count). The van der Waals surface area contributed by atoms with Crippen LogP contribution in [0.2, 0.25) is 0 Å². The maximum absolute atomic E-state index is 13.1. The first-order valence-corrected chi connectivity index (χ1v) is 5.30. The molecule has 2 unspecified atom stereocenters. The summed E-state index contributed by atoms with van der Waals surface area (Å²) in [6, 6.07) is 6.23. The van der Waals surface area contributed by atoms with E-state index in [1.807, 2.05) is 0 Å². The molecule has 0 radical (unpaired) electrons. The molecule has 1 aliphatic rings. The molecular weight excluding hydrogens is 193 g/mol. The number of rotatable bonds is 2. The molecule has 0 bridgehead atoms. The second kappa shape index (κ2) is 3.91. The van der Waals surface area contributed by atoms with Gasteiger partial charge in [0.15, 0.2) is 0 Å². The fraction of sp³-hybridized carbons (Fsp3) is 0.500. The molecule has 1 aromatic carbocycles. The molecule has 1 aromatic rings. The van der Waals surface area contributed by atoms with Gasteiger partial charge in [-0.3, -0.25) is 0 Å². The van der Waals surface area contributed by atoms with Gasteiger partial charge < -0.3 is 10.4 Å². The van der Waals surface area contributed by atoms with E-state index in [0.29, 0.717) is 5.56 Å². The Morgan fingerprint density at radius 2 is 2.33 bits per heavy atom. The third-order valence-corrected chi connectivity index (χ3v) is 3.26. The van der Waals surface area contributed by atoms with Crippen LogP contribution in [0.4, 0.5) is 4.39 Å². The molecule has 2 nitrogen and oxygen atoms in total. The quantitative estimate of drug-likeness (QED) is 0.776. The second-order valence-corrected chi connectivity index (χ2v) is 4.35. The molecule has 0 aromatic heterocycles. The summed E-state index contributed by atoms with van der Waals surface area (Å²) in [4.78, 5) is 0. The number of aliphatic hydroxyl groups is 1. The Kier molecular flexibility index (Phi) is 2.76. The fourth-order valence-corrected chi connectivity index (χ4v) is 2.17. The van der Waals surface area contributed by atoms with Crippen molar-refractivity contribution in [3.63, 3.8) is 0 Å². The zero-order chi connectivity index (χ0) is 10.9. The van der Waals surface area contributed by atoms with Crippen molar-refractivity contribution < 1.29 is 9.50 Å². The summed E-state index contributed by atoms with van der Waals surface area (Å²) in [5, 5.41) is 13.6. The maximum Gasteiger partial charge on any atom is 0.123 e. The number of halogens is 1. The lowest BCUT2D eigenvalue weighted by Gasteiger charge is -2.30. The van der Waals surface area contributed by atoms with Crippen LogP contribution in [0, 0.1) is 11.7 Å². The van der Waals surface area contributed by atoms with Crippen molar-refractivity contribution in [2.75, 3.05) is 13.1 Å². The van der Waals surface area contributed by atoms with Crippen LogP contribution in [0.5, 0.6) is 0 Å². The number of hydrogen-bond donors (Lipinski definition) is 2. The summed E-state index contributed by atoms with van der Waals surface area (Å²) < 4.78 is 13.1. The standard InChI is InChI=1S/C12H16FNO/c1-12(15,10-5-6-14-8-10)9-3-2-4-11(13)7-9/h2-4,7,10,14-15H,5-6,8H2,1H3. The Labute approximate surface area is 89.1 Å². The predicted molar refractivity (Wildman–Crippen MR) is 56.9 cm³/mol. The van der Waals surface area contributed by atoms with Crippen molar-refractivity contribution in [2.45, 2.75) is 18.9 Å². The van der Waals surface area contributed by atoms with Crippen molar-refractivity contribution in [2.24, 2.45) is 5.92 Å². The summed E-state index contributed by atoms with van der Waals surface area (Å²) in [6.45, 7) is 3.49. The van der Waals surface area contributed by atoms with Gasteiger partial charge in [-0.05, 0) is 37.6 Å². The van der Waals surface area contributed by atoms with Crippen LogP contribution in [-0.2, 0) is 5.60 Å². The Balaban J connectivity index is 2.27. The zero-order valence-corrected chi connectivity index (χ0v) is 8.83. The van der Waals surface area contributed by atoms with Gasteiger partial charge in [-0.2, -0.15) is 0 Å². The molecule has 0 saturated carbocycles. The van der Waals surface area contributed by atoms with Crippen molar-refractivity contribution in [3.05, 3.63) is 35.6 Å². The monoisotopic (exact) mass is 209 g/mol. The van der Waals surface area contributed by atoms with Gasteiger partial charge in [0, 0.05) is 12.5 Å². The minimum absolute atomic E-state index is 0.166. The van der Waals surface area contributed by atoms with Crippen molar-refractivity contribution in [1.29, 1.82) is 0 Å². The molecule has 3 heteroatoms. The average molecular weight is 209 g/mol. The highest BCUT2D eigenvalue weighted by molar-refractivity contribution is 5.23. The predicted octanol–water partition coefficient (Wildman–Crippen LogP) is 1.64. The highest BCUT2D eigenvalue weighted by Gasteiger charge is 2.35. The van der Waals surface area contributed by atoms with Gasteiger partial charge in [0.25, 0.3) is 0 Å². The van der Waals surface area contributed by atoms with E-state index in [9.17, 15) is 9.50 Å². The lowest BCUT2D eigenvalue weighted by atomic mass is 9.82. The number of nitrogens with one attached hydrogen (secondary N) is 1. The second-order valence-electron chi connectivity index (χ2n) is 4.35. The molecule has 1 saturated heterocycles. The van der Waals surface area contributed by atoms with Crippen molar-refractivity contribution in [3.8, 4) is 0 Å². The van der Waals surface area contributed by atoms with Gasteiger partial charge in [-0.1, -0.05) is 12.1 Å². The van der Waals surface area contributed by atoms with E-state index >= 15 is 0 Å². The van der Waals surface area contributed by atoms with Crippen molar-refractivity contribution in [1.82, 2.24) is 5.32 Å². The summed E-state index contributed by atoms with van der Waals surface area (Å²) in [5.74, 6) is -0.127. The van der Waals surface area contributed by atoms with Crippen LogP contribution in [0.25, 0.3) is 0 Å². The molecule has 0 aliphatic carbocycles. The van der Waals surface area contributed by atoms with E-state index in [1.165, 1.54) is 12.1 Å². The van der Waals surface area contributed by atoms with Gasteiger partial charge in [0.2, 0.25) is 0 Å². The highest BCUT2D eigenvalue weighted by atomic mass is 19.1. The Bertz CT molecular complexity index is 345. The first-order valence-electron chi connectivity index (χ1n) is 5.30. The summed E-state index contributed by atoms with van der Waals surface area (Å²) in [5.41, 5.74) is -0.276. The molecule has 2 N–H and O–H groups in total. The molecule has 82 valence electrons. The van der Waals surface area contributed by atoms with Gasteiger partial charge in [0.1, 0.15) is 5.82 Å². The SMILES string of the molecule is CC(O)(c1cccc(F)c1)C1CCNC1. The summed E-state index contributed by atoms with van der Waals surface area (Å²) >= 11 is 0. The Morgan fingerprint density at radius 3 is 2.93 bits per heavy atom. The third-order valence-electron chi connectivity index (χ3n) is 3.26. The number of benzene rings is 1. The van der Waals surface area contributed by atoms with Crippen LogP contribution in [0.3, 0.4) is 0 Å². The van der Waals surface area contributed by atoms with E-state index < -0.39 is 5.60 Å². The van der Waals surface area contributed by atoms with E-state index in [1.54, 1.807) is 19.1 Å². The lowest BCUT2D eigenvalue weighted by Crippen LogP contribution is -2.33. The minimum Gasteiger partial charge on any atom is -0.385 e. The van der Waals surface area contributed by atoms with Crippen LogP contribution >= 0.6 is 0 Å². The third kappa shape index (κ3) is 2.03. The van der Waals surface area contributed by atoms with Crippen LogP contribution < -0.4 is 5.32 Å². The van der Waals surface area contributed by atoms with Gasteiger partial charge in [-0.25, -0.2) is 4.39 Å². The summed E-state index contributed by atoms with van der Waals surface area (Å²) in [7, 11) is 0. The first-order chi connectivity index (χ1) is 7.10. The van der Waals surface area contributed by atoms with E-state index in [4.69, 9.17) is 0 Å². The van der Waals surface area contributed by atoms with Gasteiger partial charge in [0.05, 0.1) is 5.60 Å². The first kappa shape index (κ1) is 10.6. The summed E-state index contributed by atoms with van der Waals surface area (Å²) in [6.07, 6.45) is 0.934. The largest absolute Gasteiger partial charge is 0.385 e. The Hall–Kier alpha value is -0.930. The van der Waals surface area contributed by atoms with E-state index in [2.05, 4.69) is 5.32 Å². The number of hydrogen-bond acceptors (Lipinski definition) is 2. The molecule has 1 heterocycles. The van der Waals surface area contributed by atoms with Gasteiger partial charge in [-0.15, -0.1) is 0 Å². The minimum atomic E-state index is -0.939. The highest BCUT2D eigenvalue weighted by Crippen LogP contribution is 2.33. The van der Waals surface area contributed by atoms with E-state index in [-0.39, 0.29) is 11.7 Å². The maximum atomic E-state index is 13.1. The van der Waals surface area contributed by atoms with Crippen LogP contribution in [0.15, 0.2) is 24.3 Å². The molecule has 1 fully saturated rings. The Morgan fingerprint density at radius 1 is 1.53 bits per heavy atom. The van der Waals surface area contributed by atoms with Crippen molar-refractivity contribution >= 4 is 0 Å². The van der Waals surface area contributed by atoms with Crippen LogP contribution in [0.1, 0.15) is 18.9 Å². The molecule has 0 spiro atoms. The normalized spacial score (nSPS) is 25.1. The van der Waals surface area contributed by atoms with Crippen LogP contribution in [-0.4, -0.2) is 18.2 Å². The van der Waals surface area contributed by atoms with Gasteiger partial charge >= 0.3 is 0 Å². The topological polar surface area (TPSA) is 32.3 Å². The fourth-order valence-electron chi connectivity index (χ4n) is 2.17.